The van der Waals surface area contributed by atoms with Crippen LogP contribution in [0.5, 0.6) is 11.5 Å². The van der Waals surface area contributed by atoms with Crippen LogP contribution in [0.4, 0.5) is 8.78 Å². The quantitative estimate of drug-likeness (QED) is 0.473. The predicted molar refractivity (Wildman–Crippen MR) is 102 cm³/mol. The van der Waals surface area contributed by atoms with Crippen LogP contribution in [0.25, 0.3) is 0 Å². The van der Waals surface area contributed by atoms with Crippen molar-refractivity contribution in [1.29, 1.82) is 0 Å². The molecule has 0 radical (unpaired) electrons. The maximum absolute atomic E-state index is 12.3. The molecule has 0 amide bonds. The average Bonchev–Trinajstić information content (AvgIpc) is 2.66. The van der Waals surface area contributed by atoms with Crippen LogP contribution in [0.1, 0.15) is 25.8 Å². The Morgan fingerprint density at radius 2 is 1.68 bits per heavy atom. The van der Waals surface area contributed by atoms with Crippen molar-refractivity contribution in [3.05, 3.63) is 54.1 Å². The second-order valence-electron chi connectivity index (χ2n) is 5.87. The number of sulfonamides is 1. The molecule has 0 unspecified atom stereocenters. The maximum Gasteiger partial charge on any atom is 0.387 e. The molecule has 9 heteroatoms. The topological polar surface area (TPSA) is 77.0 Å². The Labute approximate surface area is 163 Å². The van der Waals surface area contributed by atoms with Crippen molar-refractivity contribution >= 4 is 15.7 Å². The third kappa shape index (κ3) is 6.80. The van der Waals surface area contributed by atoms with E-state index in [1.54, 1.807) is 31.2 Å². The van der Waals surface area contributed by atoms with E-state index in [0.29, 0.717) is 30.9 Å². The maximum atomic E-state index is 12.3. The van der Waals surface area contributed by atoms with Crippen LogP contribution in [0.3, 0.4) is 0 Å². The highest BCUT2D eigenvalue weighted by atomic mass is 32.2. The zero-order chi connectivity index (χ0) is 20.6. The fourth-order valence-corrected chi connectivity index (χ4v) is 3.17. The van der Waals surface area contributed by atoms with Crippen molar-refractivity contribution in [1.82, 2.24) is 4.83 Å². The molecule has 2 aromatic carbocycles. The van der Waals surface area contributed by atoms with Gasteiger partial charge < -0.3 is 9.47 Å². The highest BCUT2D eigenvalue weighted by Gasteiger charge is 2.13. The van der Waals surface area contributed by atoms with E-state index in [1.165, 1.54) is 24.3 Å². The number of rotatable bonds is 10. The normalized spacial score (nSPS) is 12.1. The minimum atomic E-state index is -3.77. The van der Waals surface area contributed by atoms with Gasteiger partial charge in [0.1, 0.15) is 11.5 Å². The van der Waals surface area contributed by atoms with E-state index >= 15 is 0 Å². The van der Waals surface area contributed by atoms with Crippen LogP contribution < -0.4 is 14.3 Å². The summed E-state index contributed by atoms with van der Waals surface area (Å²) in [5, 5.41) is 3.93. The summed E-state index contributed by atoms with van der Waals surface area (Å²) in [5.41, 5.74) is 1.48. The molecule has 6 nitrogen and oxygen atoms in total. The molecular formula is C19H22F2N2O4S. The van der Waals surface area contributed by atoms with E-state index in [-0.39, 0.29) is 10.6 Å². The molecule has 0 saturated carbocycles. The summed E-state index contributed by atoms with van der Waals surface area (Å²) in [6, 6.07) is 12.3. The van der Waals surface area contributed by atoms with Crippen LogP contribution in [-0.2, 0) is 16.4 Å². The van der Waals surface area contributed by atoms with Gasteiger partial charge in [0, 0.05) is 5.71 Å². The summed E-state index contributed by atoms with van der Waals surface area (Å²) >= 11 is 0. The van der Waals surface area contributed by atoms with E-state index in [0.717, 1.165) is 5.56 Å². The van der Waals surface area contributed by atoms with Crippen LogP contribution in [0.2, 0.25) is 0 Å². The first-order chi connectivity index (χ1) is 13.3. The van der Waals surface area contributed by atoms with Gasteiger partial charge in [-0.3, -0.25) is 0 Å². The molecule has 0 aliphatic heterocycles. The van der Waals surface area contributed by atoms with Gasteiger partial charge in [0.25, 0.3) is 10.0 Å². The fraction of sp³-hybridized carbons (Fsp3) is 0.316. The highest BCUT2D eigenvalue weighted by molar-refractivity contribution is 7.89. The van der Waals surface area contributed by atoms with E-state index in [9.17, 15) is 17.2 Å². The summed E-state index contributed by atoms with van der Waals surface area (Å²) in [4.78, 5) is 2.29. The number of hydrazone groups is 1. The van der Waals surface area contributed by atoms with Gasteiger partial charge in [0.2, 0.25) is 0 Å². The monoisotopic (exact) mass is 412 g/mol. The number of benzene rings is 2. The van der Waals surface area contributed by atoms with Crippen LogP contribution in [-0.4, -0.2) is 27.3 Å². The van der Waals surface area contributed by atoms with Gasteiger partial charge in [-0.1, -0.05) is 12.1 Å². The first-order valence-electron chi connectivity index (χ1n) is 8.61. The number of aryl methyl sites for hydroxylation is 1. The van der Waals surface area contributed by atoms with Crippen molar-refractivity contribution < 1.29 is 26.7 Å². The second kappa shape index (κ2) is 10.0. The summed E-state index contributed by atoms with van der Waals surface area (Å²) in [7, 11) is -3.77. The Hall–Kier alpha value is -2.68. The standard InChI is InChI=1S/C19H22F2N2O4S/c1-3-26-16-10-12-18(13-11-16)28(24,25)23-22-14(2)4-5-15-6-8-17(9-7-15)27-19(20)21/h6-13,19,23H,3-5H2,1-2H3/b22-14-. The molecule has 28 heavy (non-hydrogen) atoms. The number of hydrogen-bond donors (Lipinski definition) is 1. The van der Waals surface area contributed by atoms with Crippen LogP contribution in [0, 0.1) is 0 Å². The van der Waals surface area contributed by atoms with Crippen molar-refractivity contribution in [2.75, 3.05) is 6.61 Å². The largest absolute Gasteiger partial charge is 0.494 e. The molecule has 0 fully saturated rings. The number of halogens is 2. The van der Waals surface area contributed by atoms with E-state index < -0.39 is 16.6 Å². The van der Waals surface area contributed by atoms with Crippen LogP contribution in [0.15, 0.2) is 58.5 Å². The SMILES string of the molecule is CCOc1ccc(S(=O)(=O)N/N=C(/C)CCc2ccc(OC(F)F)cc2)cc1. The molecular weight excluding hydrogens is 390 g/mol. The lowest BCUT2D eigenvalue weighted by Crippen LogP contribution is -2.19. The molecule has 0 heterocycles. The van der Waals surface area contributed by atoms with Crippen molar-refractivity contribution in [3.8, 4) is 11.5 Å². The van der Waals surface area contributed by atoms with E-state index in [4.69, 9.17) is 4.74 Å². The van der Waals surface area contributed by atoms with Crippen molar-refractivity contribution in [2.45, 2.75) is 38.2 Å². The van der Waals surface area contributed by atoms with Crippen molar-refractivity contribution in [2.24, 2.45) is 5.10 Å². The van der Waals surface area contributed by atoms with E-state index in [1.807, 2.05) is 6.92 Å². The number of alkyl halides is 2. The Bertz CT molecular complexity index is 883. The Morgan fingerprint density at radius 1 is 1.07 bits per heavy atom. The summed E-state index contributed by atoms with van der Waals surface area (Å²) < 4.78 is 58.4. The van der Waals surface area contributed by atoms with Gasteiger partial charge in [-0.15, -0.1) is 0 Å². The summed E-state index contributed by atoms with van der Waals surface area (Å²) in [6.07, 6.45) is 1.08. The number of ether oxygens (including phenoxy) is 2. The van der Waals surface area contributed by atoms with E-state index in [2.05, 4.69) is 14.7 Å². The predicted octanol–water partition coefficient (Wildman–Crippen LogP) is 3.97. The molecule has 0 saturated heterocycles. The lowest BCUT2D eigenvalue weighted by atomic mass is 10.1. The third-order valence-electron chi connectivity index (χ3n) is 3.73. The third-order valence-corrected chi connectivity index (χ3v) is 4.95. The lowest BCUT2D eigenvalue weighted by Gasteiger charge is -2.08. The van der Waals surface area contributed by atoms with Gasteiger partial charge in [-0.05, 0) is 68.7 Å². The van der Waals surface area contributed by atoms with Gasteiger partial charge in [-0.25, -0.2) is 4.83 Å². The zero-order valence-corrected chi connectivity index (χ0v) is 16.4. The molecule has 0 aliphatic carbocycles. The molecule has 0 bridgehead atoms. The first-order valence-corrected chi connectivity index (χ1v) is 10.1. The van der Waals surface area contributed by atoms with Gasteiger partial charge in [-0.2, -0.15) is 22.3 Å². The molecule has 0 aromatic heterocycles. The molecule has 2 aromatic rings. The number of nitrogens with one attached hydrogen (secondary N) is 1. The molecule has 152 valence electrons. The molecule has 0 aliphatic rings. The fourth-order valence-electron chi connectivity index (χ4n) is 2.29. The zero-order valence-electron chi connectivity index (χ0n) is 15.6. The van der Waals surface area contributed by atoms with Gasteiger partial charge >= 0.3 is 6.61 Å². The molecule has 1 N–H and O–H groups in total. The minimum absolute atomic E-state index is 0.0853. The smallest absolute Gasteiger partial charge is 0.387 e. The van der Waals surface area contributed by atoms with Gasteiger partial charge in [0.15, 0.2) is 0 Å². The first kappa shape index (κ1) is 21.6. The van der Waals surface area contributed by atoms with Crippen LogP contribution >= 0.6 is 0 Å². The lowest BCUT2D eigenvalue weighted by molar-refractivity contribution is -0.0498. The Morgan fingerprint density at radius 3 is 2.25 bits per heavy atom. The number of hydrogen-bond acceptors (Lipinski definition) is 5. The molecule has 0 atom stereocenters. The Balaban J connectivity index is 1.90. The minimum Gasteiger partial charge on any atom is -0.494 e. The second-order valence-corrected chi connectivity index (χ2v) is 7.53. The Kier molecular flexibility index (Phi) is 7.74. The average molecular weight is 412 g/mol. The highest BCUT2D eigenvalue weighted by Crippen LogP contribution is 2.17. The number of nitrogens with zero attached hydrogens (tertiary/aromatic N) is 1. The van der Waals surface area contributed by atoms with Gasteiger partial charge in [0.05, 0.1) is 11.5 Å². The molecule has 0 spiro atoms. The molecule has 2 rings (SSSR count). The van der Waals surface area contributed by atoms with Crippen molar-refractivity contribution in [3.63, 3.8) is 0 Å². The summed E-state index contributed by atoms with van der Waals surface area (Å²) in [6.45, 7) is 1.18. The summed E-state index contributed by atoms with van der Waals surface area (Å²) in [5.74, 6) is 0.679.